The second kappa shape index (κ2) is 6.36. The van der Waals surface area contributed by atoms with Crippen molar-refractivity contribution in [2.24, 2.45) is 17.3 Å². The summed E-state index contributed by atoms with van der Waals surface area (Å²) in [6.45, 7) is 11.3. The summed E-state index contributed by atoms with van der Waals surface area (Å²) in [5.74, 6) is 1.50. The molecule has 2 fully saturated rings. The van der Waals surface area contributed by atoms with Crippen LogP contribution < -0.4 is 5.32 Å². The molecule has 3 heteroatoms. The minimum Gasteiger partial charge on any atom is -0.381 e. The quantitative estimate of drug-likeness (QED) is 0.722. The molecule has 1 aliphatic carbocycles. The van der Waals surface area contributed by atoms with Crippen LogP contribution in [0, 0.1) is 17.3 Å². The molecule has 18 heavy (non-hydrogen) atoms. The molecule has 0 amide bonds. The predicted octanol–water partition coefficient (Wildman–Crippen LogP) is 2.45. The molecular weight excluding hydrogens is 226 g/mol. The van der Waals surface area contributed by atoms with Crippen molar-refractivity contribution in [2.75, 3.05) is 32.9 Å². The highest BCUT2D eigenvalue weighted by atomic mass is 16.5. The molecule has 0 aromatic carbocycles. The molecule has 1 aliphatic heterocycles. The highest BCUT2D eigenvalue weighted by Gasteiger charge is 2.50. The molecule has 0 bridgehead atoms. The molecule has 106 valence electrons. The van der Waals surface area contributed by atoms with Crippen LogP contribution in [0.5, 0.6) is 0 Å². The summed E-state index contributed by atoms with van der Waals surface area (Å²) in [7, 11) is 0. The zero-order valence-corrected chi connectivity index (χ0v) is 12.2. The lowest BCUT2D eigenvalue weighted by atomic mass is 9.79. The van der Waals surface area contributed by atoms with E-state index in [4.69, 9.17) is 9.47 Å². The molecule has 2 aliphatic rings. The fraction of sp³-hybridized carbons (Fsp3) is 1.00. The first-order valence-electron chi connectivity index (χ1n) is 7.58. The zero-order valence-electron chi connectivity index (χ0n) is 12.2. The molecule has 1 heterocycles. The maximum Gasteiger partial charge on any atom is 0.0694 e. The van der Waals surface area contributed by atoms with E-state index in [1.54, 1.807) is 0 Å². The highest BCUT2D eigenvalue weighted by Crippen LogP contribution is 2.47. The smallest absolute Gasteiger partial charge is 0.0694 e. The van der Waals surface area contributed by atoms with Crippen LogP contribution in [-0.2, 0) is 9.47 Å². The Morgan fingerprint density at radius 1 is 1.39 bits per heavy atom. The van der Waals surface area contributed by atoms with Crippen molar-refractivity contribution in [2.45, 2.75) is 46.1 Å². The first-order chi connectivity index (χ1) is 8.68. The van der Waals surface area contributed by atoms with E-state index in [1.165, 1.54) is 12.8 Å². The van der Waals surface area contributed by atoms with Crippen molar-refractivity contribution in [3.63, 3.8) is 0 Å². The Bertz CT molecular complexity index is 253. The van der Waals surface area contributed by atoms with Crippen LogP contribution in [0.3, 0.4) is 0 Å². The Kier molecular flexibility index (Phi) is 5.05. The van der Waals surface area contributed by atoms with Gasteiger partial charge in [0.25, 0.3) is 0 Å². The number of nitrogens with one attached hydrogen (secondary N) is 1. The summed E-state index contributed by atoms with van der Waals surface area (Å²) in [4.78, 5) is 0. The van der Waals surface area contributed by atoms with E-state index in [0.29, 0.717) is 12.0 Å². The average molecular weight is 255 g/mol. The first kappa shape index (κ1) is 14.3. The molecule has 1 saturated carbocycles. The predicted molar refractivity (Wildman–Crippen MR) is 73.7 cm³/mol. The Morgan fingerprint density at radius 2 is 2.17 bits per heavy atom. The fourth-order valence-electron chi connectivity index (χ4n) is 3.05. The lowest BCUT2D eigenvalue weighted by Gasteiger charge is -2.34. The zero-order chi connectivity index (χ0) is 13.0. The fourth-order valence-corrected chi connectivity index (χ4v) is 3.05. The molecular formula is C15H29NO2. The van der Waals surface area contributed by atoms with Crippen molar-refractivity contribution >= 4 is 0 Å². The lowest BCUT2D eigenvalue weighted by Crippen LogP contribution is -2.46. The first-order valence-corrected chi connectivity index (χ1v) is 7.58. The lowest BCUT2D eigenvalue weighted by molar-refractivity contribution is -0.0224. The van der Waals surface area contributed by atoms with E-state index < -0.39 is 0 Å². The number of ether oxygens (including phenoxy) is 2. The van der Waals surface area contributed by atoms with E-state index in [2.05, 4.69) is 26.1 Å². The largest absolute Gasteiger partial charge is 0.381 e. The minimum atomic E-state index is 0.228. The van der Waals surface area contributed by atoms with E-state index >= 15 is 0 Å². The van der Waals surface area contributed by atoms with Gasteiger partial charge in [-0.1, -0.05) is 13.8 Å². The van der Waals surface area contributed by atoms with Gasteiger partial charge < -0.3 is 14.8 Å². The average Bonchev–Trinajstić information content (AvgIpc) is 3.09. The second-order valence-corrected chi connectivity index (χ2v) is 6.40. The molecule has 3 nitrogen and oxygen atoms in total. The van der Waals surface area contributed by atoms with Gasteiger partial charge in [-0.05, 0) is 44.6 Å². The summed E-state index contributed by atoms with van der Waals surface area (Å²) < 4.78 is 11.8. The van der Waals surface area contributed by atoms with Gasteiger partial charge in [-0.25, -0.2) is 0 Å². The van der Waals surface area contributed by atoms with Crippen molar-refractivity contribution < 1.29 is 9.47 Å². The van der Waals surface area contributed by atoms with Crippen LogP contribution in [0.4, 0.5) is 0 Å². The van der Waals surface area contributed by atoms with Gasteiger partial charge in [0.15, 0.2) is 0 Å². The number of hydrogen-bond donors (Lipinski definition) is 1. The van der Waals surface area contributed by atoms with E-state index in [0.717, 1.165) is 45.2 Å². The standard InChI is InChI=1S/C15H29NO2/c1-4-17-11-15(10-16-9-12(2)3)7-8-18-14(15)13-5-6-13/h12-14,16H,4-11H2,1-3H3. The van der Waals surface area contributed by atoms with Crippen LogP contribution in [-0.4, -0.2) is 39.0 Å². The van der Waals surface area contributed by atoms with Gasteiger partial charge in [-0.15, -0.1) is 0 Å². The summed E-state index contributed by atoms with van der Waals surface area (Å²) >= 11 is 0. The van der Waals surface area contributed by atoms with E-state index in [1.807, 2.05) is 0 Å². The Balaban J connectivity index is 1.92. The maximum atomic E-state index is 6.03. The van der Waals surface area contributed by atoms with Gasteiger partial charge in [0, 0.05) is 25.2 Å². The summed E-state index contributed by atoms with van der Waals surface area (Å²) in [5, 5.41) is 3.63. The molecule has 0 aromatic heterocycles. The van der Waals surface area contributed by atoms with Crippen LogP contribution >= 0.6 is 0 Å². The third-order valence-electron chi connectivity index (χ3n) is 4.17. The van der Waals surface area contributed by atoms with Gasteiger partial charge in [0.1, 0.15) is 0 Å². The Labute approximate surface area is 112 Å². The second-order valence-electron chi connectivity index (χ2n) is 6.40. The third kappa shape index (κ3) is 3.46. The number of rotatable bonds is 8. The van der Waals surface area contributed by atoms with E-state index in [-0.39, 0.29) is 5.41 Å². The molecule has 0 aromatic rings. The van der Waals surface area contributed by atoms with Crippen molar-refractivity contribution in [3.05, 3.63) is 0 Å². The van der Waals surface area contributed by atoms with E-state index in [9.17, 15) is 0 Å². The minimum absolute atomic E-state index is 0.228. The topological polar surface area (TPSA) is 30.5 Å². The summed E-state index contributed by atoms with van der Waals surface area (Å²) in [6.07, 6.45) is 4.29. The summed E-state index contributed by atoms with van der Waals surface area (Å²) in [6, 6.07) is 0. The van der Waals surface area contributed by atoms with Crippen molar-refractivity contribution in [3.8, 4) is 0 Å². The van der Waals surface area contributed by atoms with Gasteiger partial charge in [0.2, 0.25) is 0 Å². The highest BCUT2D eigenvalue weighted by molar-refractivity contribution is 5.00. The normalized spacial score (nSPS) is 32.3. The molecule has 1 N–H and O–H groups in total. The van der Waals surface area contributed by atoms with Gasteiger partial charge in [0.05, 0.1) is 12.7 Å². The molecule has 2 atom stereocenters. The van der Waals surface area contributed by atoms with Crippen LogP contribution in [0.2, 0.25) is 0 Å². The molecule has 2 rings (SSSR count). The number of hydrogen-bond acceptors (Lipinski definition) is 3. The van der Waals surface area contributed by atoms with Gasteiger partial charge in [-0.2, -0.15) is 0 Å². The van der Waals surface area contributed by atoms with Crippen molar-refractivity contribution in [1.29, 1.82) is 0 Å². The Hall–Kier alpha value is -0.120. The van der Waals surface area contributed by atoms with Crippen LogP contribution in [0.15, 0.2) is 0 Å². The molecule has 0 spiro atoms. The molecule has 0 radical (unpaired) electrons. The maximum absolute atomic E-state index is 6.03. The monoisotopic (exact) mass is 255 g/mol. The molecule has 2 unspecified atom stereocenters. The third-order valence-corrected chi connectivity index (χ3v) is 4.17. The Morgan fingerprint density at radius 3 is 2.78 bits per heavy atom. The van der Waals surface area contributed by atoms with Crippen LogP contribution in [0.25, 0.3) is 0 Å². The van der Waals surface area contributed by atoms with Crippen LogP contribution in [0.1, 0.15) is 40.0 Å². The van der Waals surface area contributed by atoms with Crippen molar-refractivity contribution in [1.82, 2.24) is 5.32 Å². The summed E-state index contributed by atoms with van der Waals surface area (Å²) in [5.41, 5.74) is 0.228. The SMILES string of the molecule is CCOCC1(CNCC(C)C)CCOC1C1CC1. The molecule has 1 saturated heterocycles. The van der Waals surface area contributed by atoms with Gasteiger partial charge >= 0.3 is 0 Å². The van der Waals surface area contributed by atoms with Gasteiger partial charge in [-0.3, -0.25) is 0 Å².